The molecule has 0 aromatic heterocycles. The molecule has 1 aromatic carbocycles. The second kappa shape index (κ2) is 7.08. The molecule has 0 amide bonds. The highest BCUT2D eigenvalue weighted by Gasteiger charge is 2.47. The Kier molecular flexibility index (Phi) is 5.64. The summed E-state index contributed by atoms with van der Waals surface area (Å²) in [6.45, 7) is 6.70. The highest BCUT2D eigenvalue weighted by Crippen LogP contribution is 2.51. The Bertz CT molecular complexity index is 472. The molecule has 1 aliphatic carbocycles. The average molecular weight is 314 g/mol. The molecule has 118 valence electrons. The first-order chi connectivity index (χ1) is 10.00. The predicted octanol–water partition coefficient (Wildman–Crippen LogP) is 4.02. The third kappa shape index (κ3) is 3.58. The molecule has 0 radical (unpaired) electrons. The molecule has 1 saturated carbocycles. The second-order valence-electron chi connectivity index (χ2n) is 6.46. The van der Waals surface area contributed by atoms with E-state index in [-0.39, 0.29) is 16.3 Å². The van der Waals surface area contributed by atoms with Crippen molar-refractivity contribution in [1.29, 1.82) is 0 Å². The lowest BCUT2D eigenvalue weighted by Crippen LogP contribution is -2.51. The smallest absolute Gasteiger partial charge is 0.145 e. The summed E-state index contributed by atoms with van der Waals surface area (Å²) >= 11 is 5.97. The Morgan fingerprint density at radius 1 is 1.43 bits per heavy atom. The van der Waals surface area contributed by atoms with E-state index < -0.39 is 0 Å². The van der Waals surface area contributed by atoms with Gasteiger partial charge in [0.15, 0.2) is 0 Å². The van der Waals surface area contributed by atoms with E-state index in [0.29, 0.717) is 18.4 Å². The number of benzene rings is 1. The monoisotopic (exact) mass is 313 g/mol. The van der Waals surface area contributed by atoms with E-state index in [1.807, 2.05) is 12.1 Å². The van der Waals surface area contributed by atoms with Crippen molar-refractivity contribution in [3.8, 4) is 0 Å². The third-order valence-electron chi connectivity index (χ3n) is 4.72. The molecule has 0 heterocycles. The zero-order chi connectivity index (χ0) is 15.5. The molecule has 4 heteroatoms. The first-order valence-corrected chi connectivity index (χ1v) is 8.02. The van der Waals surface area contributed by atoms with Gasteiger partial charge in [-0.15, -0.1) is 0 Å². The van der Waals surface area contributed by atoms with Gasteiger partial charge in [0.05, 0.1) is 11.6 Å². The summed E-state index contributed by atoms with van der Waals surface area (Å²) in [5.74, 6) is 1.04. The Morgan fingerprint density at radius 3 is 2.76 bits per heavy atom. The summed E-state index contributed by atoms with van der Waals surface area (Å²) in [6, 6.07) is 5.35. The van der Waals surface area contributed by atoms with Crippen LogP contribution in [-0.4, -0.2) is 26.8 Å². The Balaban J connectivity index is 2.15. The van der Waals surface area contributed by atoms with E-state index in [1.54, 1.807) is 13.2 Å². The van der Waals surface area contributed by atoms with Crippen molar-refractivity contribution in [2.75, 3.05) is 26.8 Å². The molecule has 0 atom stereocenters. The molecule has 1 aliphatic rings. The molecule has 0 unspecified atom stereocenters. The molecule has 1 fully saturated rings. The van der Waals surface area contributed by atoms with Crippen molar-refractivity contribution in [3.63, 3.8) is 0 Å². The Labute approximate surface area is 132 Å². The summed E-state index contributed by atoms with van der Waals surface area (Å²) < 4.78 is 19.5. The standard InChI is InChI=1S/C17H25ClFNO/c1-12(2)13-9-17(10-13,11-20-7-8-21-3)14-5-4-6-15(18)16(14)19/h4-6,12-13,20H,7-11H2,1-3H3. The molecule has 1 N–H and O–H groups in total. The molecule has 2 nitrogen and oxygen atoms in total. The zero-order valence-corrected chi connectivity index (χ0v) is 13.8. The van der Waals surface area contributed by atoms with Gasteiger partial charge in [0, 0.05) is 25.6 Å². The van der Waals surface area contributed by atoms with E-state index in [1.165, 1.54) is 0 Å². The van der Waals surface area contributed by atoms with Gasteiger partial charge in [0.2, 0.25) is 0 Å². The number of hydrogen-bond acceptors (Lipinski definition) is 2. The highest BCUT2D eigenvalue weighted by atomic mass is 35.5. The summed E-state index contributed by atoms with van der Waals surface area (Å²) in [7, 11) is 1.69. The summed E-state index contributed by atoms with van der Waals surface area (Å²) in [6.07, 6.45) is 2.03. The molecule has 2 rings (SSSR count). The number of halogens is 2. The number of ether oxygens (including phenoxy) is 1. The van der Waals surface area contributed by atoms with Gasteiger partial charge >= 0.3 is 0 Å². The minimum Gasteiger partial charge on any atom is -0.383 e. The van der Waals surface area contributed by atoms with E-state index in [2.05, 4.69) is 19.2 Å². The lowest BCUT2D eigenvalue weighted by atomic mass is 9.55. The van der Waals surface area contributed by atoms with Crippen LogP contribution in [0.5, 0.6) is 0 Å². The van der Waals surface area contributed by atoms with Crippen LogP contribution in [0.15, 0.2) is 18.2 Å². The van der Waals surface area contributed by atoms with Gasteiger partial charge in [-0.3, -0.25) is 0 Å². The number of hydrogen-bond donors (Lipinski definition) is 1. The normalized spacial score (nSPS) is 25.1. The van der Waals surface area contributed by atoms with Crippen LogP contribution in [0.3, 0.4) is 0 Å². The maximum Gasteiger partial charge on any atom is 0.145 e. The van der Waals surface area contributed by atoms with E-state index in [4.69, 9.17) is 16.3 Å². The van der Waals surface area contributed by atoms with Gasteiger partial charge in [-0.1, -0.05) is 37.6 Å². The van der Waals surface area contributed by atoms with Gasteiger partial charge < -0.3 is 10.1 Å². The molecule has 0 saturated heterocycles. The highest BCUT2D eigenvalue weighted by molar-refractivity contribution is 6.30. The summed E-state index contributed by atoms with van der Waals surface area (Å²) in [5.41, 5.74) is 0.634. The summed E-state index contributed by atoms with van der Waals surface area (Å²) in [5, 5.41) is 3.62. The lowest BCUT2D eigenvalue weighted by molar-refractivity contribution is 0.0918. The maximum atomic E-state index is 14.4. The fraction of sp³-hybridized carbons (Fsp3) is 0.647. The first kappa shape index (κ1) is 16.7. The van der Waals surface area contributed by atoms with Crippen molar-refractivity contribution < 1.29 is 9.13 Å². The van der Waals surface area contributed by atoms with Gasteiger partial charge in [-0.25, -0.2) is 4.39 Å². The molecule has 0 bridgehead atoms. The number of rotatable bonds is 7. The largest absolute Gasteiger partial charge is 0.383 e. The minimum atomic E-state index is -0.255. The van der Waals surface area contributed by atoms with Gasteiger partial charge in [-0.05, 0) is 36.3 Å². The van der Waals surface area contributed by atoms with Crippen LogP contribution < -0.4 is 5.32 Å². The number of methoxy groups -OCH3 is 1. The van der Waals surface area contributed by atoms with Crippen LogP contribution in [0.4, 0.5) is 4.39 Å². The molecule has 0 aliphatic heterocycles. The van der Waals surface area contributed by atoms with Crippen LogP contribution in [0.1, 0.15) is 32.3 Å². The van der Waals surface area contributed by atoms with Crippen molar-refractivity contribution >= 4 is 11.6 Å². The Morgan fingerprint density at radius 2 is 2.14 bits per heavy atom. The number of nitrogens with one attached hydrogen (secondary N) is 1. The zero-order valence-electron chi connectivity index (χ0n) is 13.1. The van der Waals surface area contributed by atoms with Crippen LogP contribution in [0.2, 0.25) is 5.02 Å². The molecular weight excluding hydrogens is 289 g/mol. The van der Waals surface area contributed by atoms with Crippen LogP contribution in [0.25, 0.3) is 0 Å². The summed E-state index contributed by atoms with van der Waals surface area (Å²) in [4.78, 5) is 0. The van der Waals surface area contributed by atoms with Crippen molar-refractivity contribution in [3.05, 3.63) is 34.6 Å². The van der Waals surface area contributed by atoms with E-state index in [9.17, 15) is 4.39 Å². The molecule has 0 spiro atoms. The minimum absolute atomic E-state index is 0.127. The van der Waals surface area contributed by atoms with Crippen LogP contribution >= 0.6 is 11.6 Å². The van der Waals surface area contributed by atoms with Crippen molar-refractivity contribution in [2.24, 2.45) is 11.8 Å². The van der Waals surface area contributed by atoms with Crippen molar-refractivity contribution in [1.82, 2.24) is 5.32 Å². The molecular formula is C17H25ClFNO. The topological polar surface area (TPSA) is 21.3 Å². The van der Waals surface area contributed by atoms with E-state index >= 15 is 0 Å². The molecule has 21 heavy (non-hydrogen) atoms. The van der Waals surface area contributed by atoms with Gasteiger partial charge in [0.1, 0.15) is 5.82 Å². The van der Waals surface area contributed by atoms with Gasteiger partial charge in [0.25, 0.3) is 0 Å². The van der Waals surface area contributed by atoms with Crippen molar-refractivity contribution in [2.45, 2.75) is 32.1 Å². The lowest BCUT2D eigenvalue weighted by Gasteiger charge is -2.50. The quantitative estimate of drug-likeness (QED) is 0.768. The fourth-order valence-corrected chi connectivity index (χ4v) is 3.46. The second-order valence-corrected chi connectivity index (χ2v) is 6.87. The molecule has 1 aromatic rings. The van der Waals surface area contributed by atoms with Crippen LogP contribution in [0, 0.1) is 17.7 Å². The predicted molar refractivity (Wildman–Crippen MR) is 85.4 cm³/mol. The van der Waals surface area contributed by atoms with Crippen LogP contribution in [-0.2, 0) is 10.2 Å². The average Bonchev–Trinajstić information content (AvgIpc) is 2.40. The maximum absolute atomic E-state index is 14.4. The van der Waals surface area contributed by atoms with E-state index in [0.717, 1.165) is 31.5 Å². The Hall–Kier alpha value is -0.640. The first-order valence-electron chi connectivity index (χ1n) is 7.64. The third-order valence-corrected chi connectivity index (χ3v) is 5.01. The SMILES string of the molecule is COCCNCC1(c2cccc(Cl)c2F)CC(C(C)C)C1. The van der Waals surface area contributed by atoms with Gasteiger partial charge in [-0.2, -0.15) is 0 Å². The fourth-order valence-electron chi connectivity index (χ4n) is 3.29.